The van der Waals surface area contributed by atoms with E-state index in [2.05, 4.69) is 15.9 Å². The van der Waals surface area contributed by atoms with Gasteiger partial charge in [-0.15, -0.1) is 0 Å². The Morgan fingerprint density at radius 1 is 1.50 bits per heavy atom. The van der Waals surface area contributed by atoms with Gasteiger partial charge in [-0.25, -0.2) is 4.79 Å². The molecule has 0 atom stereocenters. The Morgan fingerprint density at radius 3 is 3.00 bits per heavy atom. The number of halogens is 1. The molecule has 0 radical (unpaired) electrons. The number of rotatable bonds is 2. The predicted molar refractivity (Wildman–Crippen MR) is 59.0 cm³/mol. The smallest absolute Gasteiger partial charge is 0.408 e. The number of benzene rings is 1. The first kappa shape index (κ1) is 9.52. The van der Waals surface area contributed by atoms with Crippen LogP contribution in [0.25, 0.3) is 11.1 Å². The van der Waals surface area contributed by atoms with Crippen molar-refractivity contribution in [2.24, 2.45) is 7.05 Å². The highest BCUT2D eigenvalue weighted by Crippen LogP contribution is 2.14. The van der Waals surface area contributed by atoms with Crippen LogP contribution in [0.1, 0.15) is 5.56 Å². The Kier molecular flexibility index (Phi) is 2.46. The van der Waals surface area contributed by atoms with E-state index in [-0.39, 0.29) is 5.76 Å². The minimum atomic E-state index is -0.309. The number of nitrogens with zero attached hydrogens (tertiary/aromatic N) is 1. The highest BCUT2D eigenvalue weighted by molar-refractivity contribution is 9.09. The van der Waals surface area contributed by atoms with Crippen molar-refractivity contribution in [1.82, 2.24) is 4.57 Å². The maximum atomic E-state index is 11.2. The van der Waals surface area contributed by atoms with Gasteiger partial charge in [0, 0.05) is 12.4 Å². The van der Waals surface area contributed by atoms with Crippen LogP contribution in [0.3, 0.4) is 0 Å². The number of oxazole rings is 1. The number of aryl methyl sites for hydroxylation is 2. The third-order valence-corrected chi connectivity index (χ3v) is 2.64. The summed E-state index contributed by atoms with van der Waals surface area (Å²) >= 11 is 3.37. The molecular formula is C10H10BrNO2. The standard InChI is InChI=1S/C10H10BrNO2/c1-12-8-3-2-7(4-5-11)6-9(8)14-10(12)13/h2-3,6H,4-5H2,1H3. The average molecular weight is 256 g/mol. The SMILES string of the molecule is Cn1c(=O)oc2cc(CCBr)ccc21. The normalized spacial score (nSPS) is 11.0. The monoisotopic (exact) mass is 255 g/mol. The van der Waals surface area contributed by atoms with Crippen LogP contribution >= 0.6 is 15.9 Å². The number of aromatic nitrogens is 1. The third-order valence-electron chi connectivity index (χ3n) is 2.24. The van der Waals surface area contributed by atoms with Gasteiger partial charge in [0.05, 0.1) is 5.52 Å². The summed E-state index contributed by atoms with van der Waals surface area (Å²) < 4.78 is 6.58. The van der Waals surface area contributed by atoms with Crippen molar-refractivity contribution in [2.75, 3.05) is 5.33 Å². The molecule has 74 valence electrons. The molecule has 0 amide bonds. The molecule has 2 rings (SSSR count). The van der Waals surface area contributed by atoms with E-state index in [0.29, 0.717) is 5.58 Å². The fourth-order valence-corrected chi connectivity index (χ4v) is 1.90. The second-order valence-electron chi connectivity index (χ2n) is 3.17. The van der Waals surface area contributed by atoms with Gasteiger partial charge in [0.15, 0.2) is 5.58 Å². The molecular weight excluding hydrogens is 246 g/mol. The van der Waals surface area contributed by atoms with Crippen molar-refractivity contribution in [1.29, 1.82) is 0 Å². The van der Waals surface area contributed by atoms with Crippen LogP contribution < -0.4 is 5.76 Å². The molecule has 1 aromatic heterocycles. The summed E-state index contributed by atoms with van der Waals surface area (Å²) in [7, 11) is 1.71. The first-order valence-electron chi connectivity index (χ1n) is 4.37. The summed E-state index contributed by atoms with van der Waals surface area (Å²) in [6, 6.07) is 5.84. The third kappa shape index (κ3) is 1.50. The van der Waals surface area contributed by atoms with Crippen LogP contribution in [0.15, 0.2) is 27.4 Å². The molecule has 0 bridgehead atoms. The minimum absolute atomic E-state index is 0.309. The van der Waals surface area contributed by atoms with Gasteiger partial charge in [-0.05, 0) is 24.1 Å². The molecule has 2 aromatic rings. The van der Waals surface area contributed by atoms with Crippen molar-refractivity contribution in [3.63, 3.8) is 0 Å². The summed E-state index contributed by atoms with van der Waals surface area (Å²) in [5, 5.41) is 0.912. The Morgan fingerprint density at radius 2 is 2.29 bits per heavy atom. The fourth-order valence-electron chi connectivity index (χ4n) is 1.44. The van der Waals surface area contributed by atoms with Gasteiger partial charge in [-0.2, -0.15) is 0 Å². The molecule has 1 aromatic carbocycles. The van der Waals surface area contributed by atoms with Crippen LogP contribution in [0, 0.1) is 0 Å². The maximum absolute atomic E-state index is 11.2. The second kappa shape index (κ2) is 3.61. The van der Waals surface area contributed by atoms with Gasteiger partial charge >= 0.3 is 5.76 Å². The summed E-state index contributed by atoms with van der Waals surface area (Å²) in [5.41, 5.74) is 2.67. The molecule has 0 N–H and O–H groups in total. The Balaban J connectivity index is 2.61. The zero-order chi connectivity index (χ0) is 10.1. The quantitative estimate of drug-likeness (QED) is 0.771. The molecule has 0 unspecified atom stereocenters. The zero-order valence-corrected chi connectivity index (χ0v) is 9.37. The van der Waals surface area contributed by atoms with E-state index in [1.807, 2.05) is 18.2 Å². The van der Waals surface area contributed by atoms with E-state index in [1.165, 1.54) is 10.1 Å². The predicted octanol–water partition coefficient (Wildman–Crippen LogP) is 2.07. The second-order valence-corrected chi connectivity index (χ2v) is 3.96. The molecule has 0 saturated carbocycles. The largest absolute Gasteiger partial charge is 0.419 e. The van der Waals surface area contributed by atoms with Gasteiger partial charge in [-0.3, -0.25) is 4.57 Å². The average Bonchev–Trinajstić information content (AvgIpc) is 2.43. The molecule has 0 aliphatic rings. The maximum Gasteiger partial charge on any atom is 0.419 e. The molecule has 1 heterocycles. The lowest BCUT2D eigenvalue weighted by Gasteiger charge is -1.96. The summed E-state index contributed by atoms with van der Waals surface area (Å²) in [6.45, 7) is 0. The van der Waals surface area contributed by atoms with Crippen molar-refractivity contribution in [3.05, 3.63) is 34.3 Å². The molecule has 3 nitrogen and oxygen atoms in total. The molecule has 0 aliphatic carbocycles. The van der Waals surface area contributed by atoms with Crippen LogP contribution in [0.5, 0.6) is 0 Å². The van der Waals surface area contributed by atoms with Gasteiger partial charge in [0.1, 0.15) is 0 Å². The number of alkyl halides is 1. The van der Waals surface area contributed by atoms with Gasteiger partial charge < -0.3 is 4.42 Å². The first-order valence-corrected chi connectivity index (χ1v) is 5.49. The first-order chi connectivity index (χ1) is 6.72. The lowest BCUT2D eigenvalue weighted by molar-refractivity contribution is 0.528. The van der Waals surface area contributed by atoms with E-state index >= 15 is 0 Å². The van der Waals surface area contributed by atoms with E-state index in [9.17, 15) is 4.79 Å². The highest BCUT2D eigenvalue weighted by atomic mass is 79.9. The highest BCUT2D eigenvalue weighted by Gasteiger charge is 2.05. The minimum Gasteiger partial charge on any atom is -0.408 e. The van der Waals surface area contributed by atoms with Crippen molar-refractivity contribution in [2.45, 2.75) is 6.42 Å². The van der Waals surface area contributed by atoms with Crippen LogP contribution in [0.2, 0.25) is 0 Å². The van der Waals surface area contributed by atoms with E-state index < -0.39 is 0 Å². The Hall–Kier alpha value is -1.03. The fraction of sp³-hybridized carbons (Fsp3) is 0.300. The molecule has 0 saturated heterocycles. The van der Waals surface area contributed by atoms with Gasteiger partial charge in [-0.1, -0.05) is 22.0 Å². The molecule has 0 aliphatic heterocycles. The van der Waals surface area contributed by atoms with E-state index in [4.69, 9.17) is 4.42 Å². The van der Waals surface area contributed by atoms with E-state index in [1.54, 1.807) is 7.05 Å². The lowest BCUT2D eigenvalue weighted by Crippen LogP contribution is -2.08. The Bertz CT molecular complexity index is 512. The lowest BCUT2D eigenvalue weighted by atomic mass is 10.1. The molecule has 0 fully saturated rings. The topological polar surface area (TPSA) is 35.1 Å². The molecule has 0 spiro atoms. The number of hydrogen-bond donors (Lipinski definition) is 0. The van der Waals surface area contributed by atoms with Crippen LogP contribution in [-0.4, -0.2) is 9.90 Å². The Labute approximate surface area is 89.5 Å². The molecule has 14 heavy (non-hydrogen) atoms. The van der Waals surface area contributed by atoms with Gasteiger partial charge in [0.25, 0.3) is 0 Å². The van der Waals surface area contributed by atoms with E-state index in [0.717, 1.165) is 17.3 Å². The van der Waals surface area contributed by atoms with Crippen LogP contribution in [-0.2, 0) is 13.5 Å². The van der Waals surface area contributed by atoms with Crippen molar-refractivity contribution in [3.8, 4) is 0 Å². The molecule has 4 heteroatoms. The van der Waals surface area contributed by atoms with Crippen LogP contribution in [0.4, 0.5) is 0 Å². The zero-order valence-electron chi connectivity index (χ0n) is 7.79. The van der Waals surface area contributed by atoms with Gasteiger partial charge in [0.2, 0.25) is 0 Å². The number of hydrogen-bond acceptors (Lipinski definition) is 2. The van der Waals surface area contributed by atoms with Crippen molar-refractivity contribution < 1.29 is 4.42 Å². The summed E-state index contributed by atoms with van der Waals surface area (Å²) in [5.74, 6) is -0.309. The summed E-state index contributed by atoms with van der Waals surface area (Å²) in [4.78, 5) is 11.2. The van der Waals surface area contributed by atoms with Crippen molar-refractivity contribution >= 4 is 27.0 Å². The summed E-state index contributed by atoms with van der Waals surface area (Å²) in [6.07, 6.45) is 0.939. The number of fused-ring (bicyclic) bond motifs is 1.